The van der Waals surface area contributed by atoms with Crippen LogP contribution in [0.1, 0.15) is 25.3 Å². The summed E-state index contributed by atoms with van der Waals surface area (Å²) in [6, 6.07) is 8.61. The molecule has 0 saturated carbocycles. The van der Waals surface area contributed by atoms with Gasteiger partial charge >= 0.3 is 0 Å². The van der Waals surface area contributed by atoms with Crippen molar-refractivity contribution in [3.05, 3.63) is 40.4 Å². The number of hydrogen-bond donors (Lipinski definition) is 0. The van der Waals surface area contributed by atoms with Crippen LogP contribution in [0.4, 0.5) is 0 Å². The van der Waals surface area contributed by atoms with Crippen LogP contribution in [0, 0.1) is 0 Å². The van der Waals surface area contributed by atoms with Gasteiger partial charge in [0.2, 0.25) is 0 Å². The second-order valence-corrected chi connectivity index (χ2v) is 6.33. The summed E-state index contributed by atoms with van der Waals surface area (Å²) in [5.74, 6) is 0.577. The zero-order valence-corrected chi connectivity index (χ0v) is 11.5. The van der Waals surface area contributed by atoms with E-state index in [2.05, 4.69) is 43.1 Å². The van der Waals surface area contributed by atoms with Crippen LogP contribution in [0.15, 0.2) is 38.9 Å². The van der Waals surface area contributed by atoms with Crippen molar-refractivity contribution in [1.29, 1.82) is 0 Å². The van der Waals surface area contributed by atoms with E-state index in [9.17, 15) is 0 Å². The van der Waals surface area contributed by atoms with E-state index < -0.39 is 0 Å². The van der Waals surface area contributed by atoms with Crippen LogP contribution in [0.3, 0.4) is 0 Å². The molecule has 2 rings (SSSR count). The SMILES string of the molecule is CC(C)c1ccc(Sc2nc(Cl)cs2)cc1. The lowest BCUT2D eigenvalue weighted by atomic mass is 10.0. The first-order chi connectivity index (χ1) is 7.65. The standard InChI is InChI=1S/C12H12ClNS2/c1-8(2)9-3-5-10(6-4-9)16-12-14-11(13)7-15-12/h3-8H,1-2H3. The summed E-state index contributed by atoms with van der Waals surface area (Å²) in [6.07, 6.45) is 0. The molecule has 0 aliphatic heterocycles. The van der Waals surface area contributed by atoms with Crippen molar-refractivity contribution in [2.24, 2.45) is 0 Å². The summed E-state index contributed by atoms with van der Waals surface area (Å²) in [5, 5.41) is 2.43. The molecule has 2 aromatic rings. The highest BCUT2D eigenvalue weighted by atomic mass is 35.5. The Morgan fingerprint density at radius 3 is 2.44 bits per heavy atom. The fraction of sp³-hybridized carbons (Fsp3) is 0.250. The summed E-state index contributed by atoms with van der Waals surface area (Å²) in [5.41, 5.74) is 1.36. The number of hydrogen-bond acceptors (Lipinski definition) is 3. The maximum absolute atomic E-state index is 5.78. The monoisotopic (exact) mass is 269 g/mol. The molecule has 1 aromatic carbocycles. The summed E-state index contributed by atoms with van der Waals surface area (Å²) in [7, 11) is 0. The van der Waals surface area contributed by atoms with Gasteiger partial charge in [0.1, 0.15) is 5.15 Å². The average molecular weight is 270 g/mol. The third-order valence-electron chi connectivity index (χ3n) is 2.21. The van der Waals surface area contributed by atoms with Gasteiger partial charge < -0.3 is 0 Å². The Balaban J connectivity index is 2.11. The van der Waals surface area contributed by atoms with Crippen LogP contribution in [0.25, 0.3) is 0 Å². The Bertz CT molecular complexity index is 462. The Kier molecular flexibility index (Phi) is 3.90. The van der Waals surface area contributed by atoms with E-state index in [4.69, 9.17) is 11.6 Å². The van der Waals surface area contributed by atoms with E-state index in [1.54, 1.807) is 23.1 Å². The van der Waals surface area contributed by atoms with Crippen molar-refractivity contribution in [2.45, 2.75) is 29.0 Å². The molecule has 0 amide bonds. The molecule has 0 fully saturated rings. The summed E-state index contributed by atoms with van der Waals surface area (Å²) in [4.78, 5) is 5.41. The van der Waals surface area contributed by atoms with Crippen molar-refractivity contribution >= 4 is 34.7 Å². The third kappa shape index (κ3) is 3.00. The van der Waals surface area contributed by atoms with Crippen molar-refractivity contribution in [3.63, 3.8) is 0 Å². The number of halogens is 1. The van der Waals surface area contributed by atoms with E-state index in [0.29, 0.717) is 11.1 Å². The van der Waals surface area contributed by atoms with Crippen molar-refractivity contribution in [2.75, 3.05) is 0 Å². The van der Waals surface area contributed by atoms with Gasteiger partial charge in [-0.15, -0.1) is 11.3 Å². The molecule has 0 atom stereocenters. The summed E-state index contributed by atoms with van der Waals surface area (Å²) < 4.78 is 0.988. The van der Waals surface area contributed by atoms with Gasteiger partial charge in [0, 0.05) is 10.3 Å². The summed E-state index contributed by atoms with van der Waals surface area (Å²) >= 11 is 9.01. The van der Waals surface area contributed by atoms with Crippen molar-refractivity contribution < 1.29 is 0 Å². The molecular weight excluding hydrogens is 258 g/mol. The lowest BCUT2D eigenvalue weighted by molar-refractivity contribution is 0.865. The van der Waals surface area contributed by atoms with Gasteiger partial charge in [-0.25, -0.2) is 4.98 Å². The zero-order chi connectivity index (χ0) is 11.5. The van der Waals surface area contributed by atoms with Crippen LogP contribution in [-0.4, -0.2) is 4.98 Å². The van der Waals surface area contributed by atoms with Gasteiger partial charge in [-0.2, -0.15) is 0 Å². The van der Waals surface area contributed by atoms with Crippen LogP contribution in [0.2, 0.25) is 5.15 Å². The number of nitrogens with zero attached hydrogens (tertiary/aromatic N) is 1. The molecular formula is C12H12ClNS2. The molecule has 1 aromatic heterocycles. The molecule has 1 nitrogen and oxygen atoms in total. The fourth-order valence-corrected chi connectivity index (χ4v) is 3.27. The minimum absolute atomic E-state index is 0.575. The van der Waals surface area contributed by atoms with Gasteiger partial charge in [0.05, 0.1) is 0 Å². The molecule has 0 spiro atoms. The third-order valence-corrected chi connectivity index (χ3v) is 4.48. The number of rotatable bonds is 3. The number of aromatic nitrogens is 1. The van der Waals surface area contributed by atoms with Crippen LogP contribution in [0.5, 0.6) is 0 Å². The summed E-state index contributed by atoms with van der Waals surface area (Å²) in [6.45, 7) is 4.39. The lowest BCUT2D eigenvalue weighted by Crippen LogP contribution is -1.85. The second-order valence-electron chi connectivity index (χ2n) is 3.76. The minimum atomic E-state index is 0.575. The topological polar surface area (TPSA) is 12.9 Å². The highest BCUT2D eigenvalue weighted by Gasteiger charge is 2.03. The minimum Gasteiger partial charge on any atom is -0.218 e. The van der Waals surface area contributed by atoms with E-state index in [-0.39, 0.29) is 0 Å². The highest BCUT2D eigenvalue weighted by Crippen LogP contribution is 2.32. The maximum atomic E-state index is 5.78. The van der Waals surface area contributed by atoms with E-state index in [1.807, 2.05) is 5.38 Å². The largest absolute Gasteiger partial charge is 0.218 e. The van der Waals surface area contributed by atoms with E-state index >= 15 is 0 Å². The first-order valence-corrected chi connectivity index (χ1v) is 7.11. The lowest BCUT2D eigenvalue weighted by Gasteiger charge is -2.05. The van der Waals surface area contributed by atoms with Crippen LogP contribution >= 0.6 is 34.7 Å². The first-order valence-electron chi connectivity index (χ1n) is 5.04. The first kappa shape index (κ1) is 12.0. The Labute approximate surface area is 109 Å². The molecule has 0 aliphatic carbocycles. The zero-order valence-electron chi connectivity index (χ0n) is 9.11. The second kappa shape index (κ2) is 5.21. The van der Waals surface area contributed by atoms with Crippen molar-refractivity contribution in [3.8, 4) is 0 Å². The smallest absolute Gasteiger partial charge is 0.156 e. The Morgan fingerprint density at radius 2 is 1.94 bits per heavy atom. The van der Waals surface area contributed by atoms with Crippen LogP contribution in [-0.2, 0) is 0 Å². The molecule has 0 saturated heterocycles. The average Bonchev–Trinajstić information content (AvgIpc) is 2.65. The van der Waals surface area contributed by atoms with Crippen molar-refractivity contribution in [1.82, 2.24) is 4.98 Å². The Morgan fingerprint density at radius 1 is 1.25 bits per heavy atom. The molecule has 84 valence electrons. The van der Waals surface area contributed by atoms with E-state index in [1.165, 1.54) is 10.5 Å². The maximum Gasteiger partial charge on any atom is 0.156 e. The van der Waals surface area contributed by atoms with Crippen LogP contribution < -0.4 is 0 Å². The predicted molar refractivity (Wildman–Crippen MR) is 71.8 cm³/mol. The van der Waals surface area contributed by atoms with E-state index in [0.717, 1.165) is 4.34 Å². The number of thiazole rings is 1. The molecule has 0 N–H and O–H groups in total. The molecule has 0 bridgehead atoms. The quantitative estimate of drug-likeness (QED) is 0.771. The van der Waals surface area contributed by atoms with Gasteiger partial charge in [-0.05, 0) is 23.6 Å². The van der Waals surface area contributed by atoms with Gasteiger partial charge in [0.15, 0.2) is 4.34 Å². The fourth-order valence-electron chi connectivity index (χ4n) is 1.31. The molecule has 1 heterocycles. The Hall–Kier alpha value is -0.510. The molecule has 0 aliphatic rings. The van der Waals surface area contributed by atoms with Gasteiger partial charge in [-0.1, -0.05) is 49.3 Å². The predicted octanol–water partition coefficient (Wildman–Crippen LogP) is 5.07. The van der Waals surface area contributed by atoms with Gasteiger partial charge in [0.25, 0.3) is 0 Å². The number of benzene rings is 1. The normalized spacial score (nSPS) is 11.0. The molecule has 16 heavy (non-hydrogen) atoms. The molecule has 0 radical (unpaired) electrons. The highest BCUT2D eigenvalue weighted by molar-refractivity contribution is 8.01. The molecule has 0 unspecified atom stereocenters. The van der Waals surface area contributed by atoms with Gasteiger partial charge in [-0.3, -0.25) is 0 Å². The molecule has 4 heteroatoms.